The molecule has 112 valence electrons. The molecule has 0 aliphatic rings. The summed E-state index contributed by atoms with van der Waals surface area (Å²) in [6, 6.07) is 6.65. The normalized spacial score (nSPS) is 10.0. The van der Waals surface area contributed by atoms with Gasteiger partial charge < -0.3 is 10.5 Å². The smallest absolute Gasteiger partial charge is 0.338 e. The first kappa shape index (κ1) is 15.1. The molecular weight excluding hydrogens is 290 g/mol. The third-order valence-corrected chi connectivity index (χ3v) is 2.84. The van der Waals surface area contributed by atoms with Crippen LogP contribution in [0.25, 0.3) is 0 Å². The fourth-order valence-corrected chi connectivity index (χ4v) is 1.72. The summed E-state index contributed by atoms with van der Waals surface area (Å²) >= 11 is 0. The fraction of sp³-hybridized carbons (Fsp3) is 0.0714. The highest BCUT2D eigenvalue weighted by Crippen LogP contribution is 2.21. The molecule has 0 saturated carbocycles. The lowest BCUT2D eigenvalue weighted by atomic mass is 10.1. The number of benzene rings is 1. The number of carbonyl (C=O) groups is 2. The van der Waals surface area contributed by atoms with Crippen LogP contribution < -0.4 is 5.73 Å². The molecule has 8 nitrogen and oxygen atoms in total. The van der Waals surface area contributed by atoms with Gasteiger partial charge in [0.05, 0.1) is 16.1 Å². The van der Waals surface area contributed by atoms with Crippen LogP contribution in [0, 0.1) is 10.1 Å². The Labute approximate surface area is 124 Å². The van der Waals surface area contributed by atoms with Crippen LogP contribution in [0.5, 0.6) is 0 Å². The van der Waals surface area contributed by atoms with Crippen molar-refractivity contribution in [3.63, 3.8) is 0 Å². The summed E-state index contributed by atoms with van der Waals surface area (Å²) < 4.78 is 5.02. The van der Waals surface area contributed by atoms with Crippen molar-refractivity contribution in [2.45, 2.75) is 6.61 Å². The zero-order chi connectivity index (χ0) is 16.1. The number of hydrogen-bond acceptors (Lipinski definition) is 6. The molecule has 0 fully saturated rings. The van der Waals surface area contributed by atoms with Crippen molar-refractivity contribution in [1.82, 2.24) is 4.98 Å². The van der Waals surface area contributed by atoms with E-state index in [4.69, 9.17) is 10.5 Å². The number of rotatable bonds is 5. The van der Waals surface area contributed by atoms with E-state index in [2.05, 4.69) is 4.98 Å². The Balaban J connectivity index is 2.17. The molecule has 0 aliphatic carbocycles. The molecule has 0 saturated heterocycles. The predicted octanol–water partition coefficient (Wildman–Crippen LogP) is 1.45. The standard InChI is InChI=1S/C14H11N3O5/c15-13(18)10-1-2-11(12(7-10)17(20)21)8-22-14(19)9-3-5-16-6-4-9/h1-7H,8H2,(H2,15,18). The second-order valence-corrected chi connectivity index (χ2v) is 4.28. The summed E-state index contributed by atoms with van der Waals surface area (Å²) in [7, 11) is 0. The lowest BCUT2D eigenvalue weighted by Crippen LogP contribution is -2.12. The number of primary amides is 1. The molecule has 22 heavy (non-hydrogen) atoms. The van der Waals surface area contributed by atoms with E-state index in [1.165, 1.54) is 36.7 Å². The van der Waals surface area contributed by atoms with Gasteiger partial charge in [0, 0.05) is 24.0 Å². The third kappa shape index (κ3) is 3.42. The number of hydrogen-bond donors (Lipinski definition) is 1. The maximum Gasteiger partial charge on any atom is 0.338 e. The number of nitro groups is 1. The Morgan fingerprint density at radius 3 is 2.45 bits per heavy atom. The number of ether oxygens (including phenoxy) is 1. The second kappa shape index (κ2) is 6.44. The minimum absolute atomic E-state index is 0.0101. The lowest BCUT2D eigenvalue weighted by Gasteiger charge is -2.06. The summed E-state index contributed by atoms with van der Waals surface area (Å²) in [4.78, 5) is 36.9. The number of esters is 1. The molecule has 0 unspecified atom stereocenters. The zero-order valence-electron chi connectivity index (χ0n) is 11.3. The first-order valence-electron chi connectivity index (χ1n) is 6.13. The van der Waals surface area contributed by atoms with Crippen LogP contribution in [0.3, 0.4) is 0 Å². The predicted molar refractivity (Wildman–Crippen MR) is 75.0 cm³/mol. The van der Waals surface area contributed by atoms with Crippen molar-refractivity contribution in [1.29, 1.82) is 0 Å². The molecule has 0 bridgehead atoms. The van der Waals surface area contributed by atoms with E-state index < -0.39 is 16.8 Å². The third-order valence-electron chi connectivity index (χ3n) is 2.84. The van der Waals surface area contributed by atoms with Crippen LogP contribution in [0.1, 0.15) is 26.3 Å². The van der Waals surface area contributed by atoms with Crippen LogP contribution in [-0.2, 0) is 11.3 Å². The molecule has 0 aliphatic heterocycles. The first-order chi connectivity index (χ1) is 10.5. The largest absolute Gasteiger partial charge is 0.457 e. The average Bonchev–Trinajstić information content (AvgIpc) is 2.53. The van der Waals surface area contributed by atoms with Gasteiger partial charge in [-0.25, -0.2) is 4.79 Å². The Morgan fingerprint density at radius 2 is 1.86 bits per heavy atom. The number of carbonyl (C=O) groups excluding carboxylic acids is 2. The van der Waals surface area contributed by atoms with Crippen LogP contribution in [0.2, 0.25) is 0 Å². The van der Waals surface area contributed by atoms with E-state index in [-0.39, 0.29) is 29.0 Å². The minimum atomic E-state index is -0.775. The van der Waals surface area contributed by atoms with Gasteiger partial charge in [-0.3, -0.25) is 19.9 Å². The van der Waals surface area contributed by atoms with E-state index in [0.717, 1.165) is 6.07 Å². The summed E-state index contributed by atoms with van der Waals surface area (Å²) in [6.45, 7) is -0.295. The maximum absolute atomic E-state index is 11.8. The van der Waals surface area contributed by atoms with Gasteiger partial charge in [0.25, 0.3) is 5.69 Å². The molecular formula is C14H11N3O5. The molecule has 1 aromatic carbocycles. The second-order valence-electron chi connectivity index (χ2n) is 4.28. The summed E-state index contributed by atoms with van der Waals surface area (Å²) in [5.41, 5.74) is 5.20. The van der Waals surface area contributed by atoms with Crippen molar-refractivity contribution in [2.24, 2.45) is 5.73 Å². The van der Waals surface area contributed by atoms with Gasteiger partial charge in [0.15, 0.2) is 0 Å². The highest BCUT2D eigenvalue weighted by Gasteiger charge is 2.18. The van der Waals surface area contributed by atoms with Crippen LogP contribution >= 0.6 is 0 Å². The zero-order valence-corrected chi connectivity index (χ0v) is 11.3. The van der Waals surface area contributed by atoms with Gasteiger partial charge in [-0.2, -0.15) is 0 Å². The van der Waals surface area contributed by atoms with E-state index in [0.29, 0.717) is 0 Å². The topological polar surface area (TPSA) is 125 Å². The number of amides is 1. The SMILES string of the molecule is NC(=O)c1ccc(COC(=O)c2ccncc2)c([N+](=O)[O-])c1. The molecule has 0 radical (unpaired) electrons. The Morgan fingerprint density at radius 1 is 1.18 bits per heavy atom. The monoisotopic (exact) mass is 301 g/mol. The number of nitrogens with zero attached hydrogens (tertiary/aromatic N) is 2. The molecule has 0 atom stereocenters. The van der Waals surface area contributed by atoms with Crippen molar-refractivity contribution < 1.29 is 19.2 Å². The highest BCUT2D eigenvalue weighted by molar-refractivity contribution is 5.93. The quantitative estimate of drug-likeness (QED) is 0.506. The van der Waals surface area contributed by atoms with E-state index >= 15 is 0 Å². The van der Waals surface area contributed by atoms with Gasteiger partial charge >= 0.3 is 5.97 Å². The number of nitro benzene ring substituents is 1. The molecule has 2 aromatic rings. The first-order valence-corrected chi connectivity index (χ1v) is 6.13. The lowest BCUT2D eigenvalue weighted by molar-refractivity contribution is -0.385. The van der Waals surface area contributed by atoms with E-state index in [1.54, 1.807) is 0 Å². The molecule has 2 N–H and O–H groups in total. The summed E-state index contributed by atoms with van der Waals surface area (Å²) in [6.07, 6.45) is 2.86. The van der Waals surface area contributed by atoms with Crippen molar-refractivity contribution in [2.75, 3.05) is 0 Å². The number of aromatic nitrogens is 1. The molecule has 1 amide bonds. The molecule has 2 rings (SSSR count). The molecule has 8 heteroatoms. The number of nitrogens with two attached hydrogens (primary N) is 1. The number of pyridine rings is 1. The van der Waals surface area contributed by atoms with Gasteiger partial charge in [-0.1, -0.05) is 0 Å². The van der Waals surface area contributed by atoms with Crippen LogP contribution in [0.15, 0.2) is 42.7 Å². The fourth-order valence-electron chi connectivity index (χ4n) is 1.72. The van der Waals surface area contributed by atoms with Gasteiger partial charge in [0.1, 0.15) is 6.61 Å². The van der Waals surface area contributed by atoms with E-state index in [1.807, 2.05) is 0 Å². The Hall–Kier alpha value is -3.29. The minimum Gasteiger partial charge on any atom is -0.457 e. The van der Waals surface area contributed by atoms with Gasteiger partial charge in [-0.05, 0) is 24.3 Å². The Kier molecular flexibility index (Phi) is 4.42. The maximum atomic E-state index is 11.8. The van der Waals surface area contributed by atoms with Gasteiger partial charge in [-0.15, -0.1) is 0 Å². The average molecular weight is 301 g/mol. The summed E-state index contributed by atoms with van der Waals surface area (Å²) in [5, 5.41) is 11.0. The Bertz CT molecular complexity index is 731. The van der Waals surface area contributed by atoms with Crippen LogP contribution in [-0.4, -0.2) is 21.8 Å². The molecule has 1 heterocycles. The van der Waals surface area contributed by atoms with Crippen molar-refractivity contribution >= 4 is 17.6 Å². The van der Waals surface area contributed by atoms with Crippen LogP contribution in [0.4, 0.5) is 5.69 Å². The molecule has 1 aromatic heterocycles. The van der Waals surface area contributed by atoms with Crippen molar-refractivity contribution in [3.05, 3.63) is 69.5 Å². The van der Waals surface area contributed by atoms with Gasteiger partial charge in [0.2, 0.25) is 5.91 Å². The molecule has 0 spiro atoms. The highest BCUT2D eigenvalue weighted by atomic mass is 16.6. The summed E-state index contributed by atoms with van der Waals surface area (Å²) in [5.74, 6) is -1.40. The van der Waals surface area contributed by atoms with Crippen molar-refractivity contribution in [3.8, 4) is 0 Å². The van der Waals surface area contributed by atoms with E-state index in [9.17, 15) is 19.7 Å².